The van der Waals surface area contributed by atoms with E-state index in [1.54, 1.807) is 0 Å². The maximum Gasteiger partial charge on any atom is 0.166 e. The van der Waals surface area contributed by atoms with Gasteiger partial charge in [-0.1, -0.05) is 0 Å². The first-order valence-corrected chi connectivity index (χ1v) is 7.40. The molecule has 0 radical (unpaired) electrons. The van der Waals surface area contributed by atoms with Crippen molar-refractivity contribution in [3.05, 3.63) is 22.7 Å². The van der Waals surface area contributed by atoms with E-state index in [4.69, 9.17) is 4.74 Å². The topological polar surface area (TPSA) is 46.6 Å². The van der Waals surface area contributed by atoms with Crippen molar-refractivity contribution in [2.75, 3.05) is 20.6 Å². The molecule has 2 aliphatic carbocycles. The number of carbonyl (C=O) groups excluding carboxylic acids is 2. The minimum atomic E-state index is 0.0493. The van der Waals surface area contributed by atoms with E-state index < -0.39 is 0 Å². The molecule has 0 N–H and O–H groups in total. The number of ether oxygens (including phenoxy) is 1. The van der Waals surface area contributed by atoms with E-state index in [1.165, 1.54) is 0 Å². The van der Waals surface area contributed by atoms with E-state index in [9.17, 15) is 9.59 Å². The molecule has 0 amide bonds. The van der Waals surface area contributed by atoms with Crippen molar-refractivity contribution in [1.82, 2.24) is 4.90 Å². The van der Waals surface area contributed by atoms with Gasteiger partial charge in [0.05, 0.1) is 0 Å². The molecule has 0 saturated heterocycles. The van der Waals surface area contributed by atoms with Gasteiger partial charge in [0.1, 0.15) is 11.5 Å². The lowest BCUT2D eigenvalue weighted by atomic mass is 9.79. The Hall–Kier alpha value is -1.42. The molecule has 0 bridgehead atoms. The van der Waals surface area contributed by atoms with Crippen molar-refractivity contribution < 1.29 is 14.3 Å². The second-order valence-corrected chi connectivity index (χ2v) is 6.22. The Kier molecular flexibility index (Phi) is 3.50. The predicted molar refractivity (Wildman–Crippen MR) is 74.9 cm³/mol. The van der Waals surface area contributed by atoms with Gasteiger partial charge in [-0.15, -0.1) is 0 Å². The van der Waals surface area contributed by atoms with Crippen LogP contribution in [-0.2, 0) is 14.3 Å². The molecule has 1 aliphatic heterocycles. The van der Waals surface area contributed by atoms with Gasteiger partial charge in [0.2, 0.25) is 0 Å². The molecule has 3 rings (SSSR count). The number of carbonyl (C=O) groups is 2. The van der Waals surface area contributed by atoms with E-state index in [-0.39, 0.29) is 17.5 Å². The van der Waals surface area contributed by atoms with Crippen LogP contribution in [0.5, 0.6) is 0 Å². The summed E-state index contributed by atoms with van der Waals surface area (Å²) in [5.74, 6) is 2.07. The van der Waals surface area contributed by atoms with Gasteiger partial charge < -0.3 is 9.64 Å². The summed E-state index contributed by atoms with van der Waals surface area (Å²) in [7, 11) is 3.97. The zero-order valence-corrected chi connectivity index (χ0v) is 12.2. The molecule has 108 valence electrons. The highest BCUT2D eigenvalue weighted by Gasteiger charge is 2.37. The quantitative estimate of drug-likeness (QED) is 0.775. The van der Waals surface area contributed by atoms with Gasteiger partial charge in [-0.3, -0.25) is 9.59 Å². The molecular formula is C16H21NO3. The van der Waals surface area contributed by atoms with Crippen molar-refractivity contribution in [3.63, 3.8) is 0 Å². The molecular weight excluding hydrogens is 254 g/mol. The van der Waals surface area contributed by atoms with Gasteiger partial charge in [-0.05, 0) is 26.9 Å². The van der Waals surface area contributed by atoms with Crippen LogP contribution in [0.4, 0.5) is 0 Å². The lowest BCUT2D eigenvalue weighted by Gasteiger charge is -2.33. The molecule has 0 saturated carbocycles. The Morgan fingerprint density at radius 2 is 1.85 bits per heavy atom. The fraction of sp³-hybridized carbons (Fsp3) is 0.625. The van der Waals surface area contributed by atoms with Crippen LogP contribution in [0.15, 0.2) is 22.7 Å². The van der Waals surface area contributed by atoms with E-state index in [0.717, 1.165) is 54.9 Å². The maximum absolute atomic E-state index is 12.6. The molecule has 0 aromatic heterocycles. The van der Waals surface area contributed by atoms with Crippen molar-refractivity contribution >= 4 is 11.6 Å². The van der Waals surface area contributed by atoms with Crippen LogP contribution in [0, 0.1) is 5.92 Å². The first-order valence-electron chi connectivity index (χ1n) is 7.40. The fourth-order valence-corrected chi connectivity index (χ4v) is 3.39. The first-order chi connectivity index (χ1) is 9.56. The number of Topliss-reactive ketones (excluding diaryl/α,β-unsaturated/α-hetero) is 2. The number of hydrogen-bond acceptors (Lipinski definition) is 4. The highest BCUT2D eigenvalue weighted by molar-refractivity contribution is 6.04. The monoisotopic (exact) mass is 275 g/mol. The number of rotatable bonds is 2. The van der Waals surface area contributed by atoms with E-state index in [2.05, 4.69) is 0 Å². The van der Waals surface area contributed by atoms with Gasteiger partial charge in [-0.2, -0.15) is 0 Å². The van der Waals surface area contributed by atoms with Crippen LogP contribution in [0.2, 0.25) is 0 Å². The summed E-state index contributed by atoms with van der Waals surface area (Å²) in [5.41, 5.74) is 1.52. The van der Waals surface area contributed by atoms with E-state index >= 15 is 0 Å². The van der Waals surface area contributed by atoms with Crippen LogP contribution in [-0.4, -0.2) is 37.1 Å². The minimum Gasteiger partial charge on any atom is -0.465 e. The SMILES string of the molecule is CN(C)CC1CCC2=C(CC3=C(CCCC3=O)O2)C1=O. The zero-order valence-electron chi connectivity index (χ0n) is 12.2. The summed E-state index contributed by atoms with van der Waals surface area (Å²) in [5, 5.41) is 0. The van der Waals surface area contributed by atoms with Crippen molar-refractivity contribution in [2.24, 2.45) is 5.92 Å². The van der Waals surface area contributed by atoms with Gasteiger partial charge in [0, 0.05) is 49.3 Å². The lowest BCUT2D eigenvalue weighted by Crippen LogP contribution is -2.34. The molecule has 1 atom stereocenters. The van der Waals surface area contributed by atoms with Crippen LogP contribution in [0.3, 0.4) is 0 Å². The van der Waals surface area contributed by atoms with Crippen LogP contribution >= 0.6 is 0 Å². The predicted octanol–water partition coefficient (Wildman–Crippen LogP) is 2.21. The Morgan fingerprint density at radius 3 is 2.60 bits per heavy atom. The molecule has 0 fully saturated rings. The Balaban J connectivity index is 1.82. The standard InChI is InChI=1S/C16H21NO3/c1-17(2)9-10-6-7-15-12(16(10)19)8-11-13(18)4-3-5-14(11)20-15/h10H,3-9H2,1-2H3. The zero-order chi connectivity index (χ0) is 14.3. The molecule has 0 aromatic rings. The second-order valence-electron chi connectivity index (χ2n) is 6.22. The molecule has 1 heterocycles. The number of hydrogen-bond donors (Lipinski definition) is 0. The van der Waals surface area contributed by atoms with Gasteiger partial charge in [0.25, 0.3) is 0 Å². The fourth-order valence-electron chi connectivity index (χ4n) is 3.39. The molecule has 20 heavy (non-hydrogen) atoms. The highest BCUT2D eigenvalue weighted by Crippen LogP contribution is 2.40. The van der Waals surface area contributed by atoms with Crippen LogP contribution in [0.1, 0.15) is 38.5 Å². The van der Waals surface area contributed by atoms with Crippen LogP contribution in [0.25, 0.3) is 0 Å². The number of ketones is 2. The Morgan fingerprint density at radius 1 is 1.10 bits per heavy atom. The van der Waals surface area contributed by atoms with E-state index in [1.807, 2.05) is 19.0 Å². The van der Waals surface area contributed by atoms with Gasteiger partial charge in [0.15, 0.2) is 11.6 Å². The summed E-state index contributed by atoms with van der Waals surface area (Å²) >= 11 is 0. The molecule has 1 unspecified atom stereocenters. The van der Waals surface area contributed by atoms with Crippen LogP contribution < -0.4 is 0 Å². The van der Waals surface area contributed by atoms with Crippen molar-refractivity contribution in [3.8, 4) is 0 Å². The lowest BCUT2D eigenvalue weighted by molar-refractivity contribution is -0.121. The smallest absolute Gasteiger partial charge is 0.166 e. The summed E-state index contributed by atoms with van der Waals surface area (Å²) in [6, 6.07) is 0. The van der Waals surface area contributed by atoms with E-state index in [0.29, 0.717) is 12.8 Å². The van der Waals surface area contributed by atoms with Gasteiger partial charge >= 0.3 is 0 Å². The Labute approximate surface area is 119 Å². The molecule has 0 aromatic carbocycles. The normalized spacial score (nSPS) is 26.6. The average molecular weight is 275 g/mol. The van der Waals surface area contributed by atoms with Crippen molar-refractivity contribution in [2.45, 2.75) is 38.5 Å². The molecule has 4 nitrogen and oxygen atoms in total. The third-order valence-corrected chi connectivity index (χ3v) is 4.39. The molecule has 3 aliphatic rings. The highest BCUT2D eigenvalue weighted by atomic mass is 16.5. The number of allylic oxidation sites excluding steroid dienone is 4. The largest absolute Gasteiger partial charge is 0.465 e. The second kappa shape index (κ2) is 5.17. The summed E-state index contributed by atoms with van der Waals surface area (Å²) in [6.45, 7) is 0.773. The molecule has 0 spiro atoms. The third-order valence-electron chi connectivity index (χ3n) is 4.39. The summed E-state index contributed by atoms with van der Waals surface area (Å²) in [6.07, 6.45) is 4.49. The van der Waals surface area contributed by atoms with Gasteiger partial charge in [-0.25, -0.2) is 0 Å². The summed E-state index contributed by atoms with van der Waals surface area (Å²) < 4.78 is 5.89. The summed E-state index contributed by atoms with van der Waals surface area (Å²) in [4.78, 5) is 26.6. The average Bonchev–Trinajstić information content (AvgIpc) is 2.41. The number of nitrogens with zero attached hydrogens (tertiary/aromatic N) is 1. The first kappa shape index (κ1) is 13.6. The molecule has 4 heteroatoms. The third kappa shape index (κ3) is 2.33. The minimum absolute atomic E-state index is 0.0493. The van der Waals surface area contributed by atoms with Crippen molar-refractivity contribution in [1.29, 1.82) is 0 Å². The Bertz CT molecular complexity index is 528. The maximum atomic E-state index is 12.6.